The van der Waals surface area contributed by atoms with Gasteiger partial charge in [-0.1, -0.05) is 6.92 Å². The van der Waals surface area contributed by atoms with Crippen LogP contribution in [-0.4, -0.2) is 71.3 Å². The number of hydrogen-bond donors (Lipinski definition) is 1. The zero-order valence-electron chi connectivity index (χ0n) is 12.7. The van der Waals surface area contributed by atoms with Crippen LogP contribution in [0.4, 0.5) is 0 Å². The maximum atomic E-state index is 12.0. The molecule has 1 aromatic rings. The number of nitrogens with zero attached hydrogens (tertiary/aromatic N) is 4. The van der Waals surface area contributed by atoms with Crippen LogP contribution in [0.25, 0.3) is 0 Å². The maximum absolute atomic E-state index is 12.0. The minimum atomic E-state index is -0.0414. The standard InChI is InChI=1S/C14H25N5O/c1-4-18-7-9-19(10-8-18)6-5-15-14(20)13-11-12(2)16-17(13)3/h11H,4-10H2,1-3H3,(H,15,20). The molecule has 112 valence electrons. The van der Waals surface area contributed by atoms with Crippen molar-refractivity contribution in [1.82, 2.24) is 24.9 Å². The zero-order chi connectivity index (χ0) is 14.5. The molecule has 1 amide bonds. The van der Waals surface area contributed by atoms with Gasteiger partial charge >= 0.3 is 0 Å². The lowest BCUT2D eigenvalue weighted by molar-refractivity contribution is 0.0928. The molecular formula is C14H25N5O. The molecular weight excluding hydrogens is 254 g/mol. The topological polar surface area (TPSA) is 53.4 Å². The number of nitrogens with one attached hydrogen (secondary N) is 1. The van der Waals surface area contributed by atoms with Crippen LogP contribution >= 0.6 is 0 Å². The van der Waals surface area contributed by atoms with E-state index in [-0.39, 0.29) is 5.91 Å². The van der Waals surface area contributed by atoms with E-state index in [0.29, 0.717) is 12.2 Å². The lowest BCUT2D eigenvalue weighted by atomic mass is 10.3. The summed E-state index contributed by atoms with van der Waals surface area (Å²) in [6.45, 7) is 11.3. The SMILES string of the molecule is CCN1CCN(CCNC(=O)c2cc(C)nn2C)CC1. The molecule has 0 aliphatic carbocycles. The van der Waals surface area contributed by atoms with Crippen molar-refractivity contribution >= 4 is 5.91 Å². The van der Waals surface area contributed by atoms with Crippen molar-refractivity contribution in [1.29, 1.82) is 0 Å². The summed E-state index contributed by atoms with van der Waals surface area (Å²) in [4.78, 5) is 16.9. The number of hydrogen-bond acceptors (Lipinski definition) is 4. The normalized spacial score (nSPS) is 17.4. The Morgan fingerprint density at radius 1 is 1.30 bits per heavy atom. The highest BCUT2D eigenvalue weighted by Crippen LogP contribution is 2.02. The second-order valence-corrected chi connectivity index (χ2v) is 5.33. The number of amides is 1. The lowest BCUT2D eigenvalue weighted by Gasteiger charge is -2.33. The van der Waals surface area contributed by atoms with Crippen LogP contribution in [0.5, 0.6) is 0 Å². The highest BCUT2D eigenvalue weighted by molar-refractivity contribution is 5.92. The summed E-state index contributed by atoms with van der Waals surface area (Å²) in [5.41, 5.74) is 1.49. The van der Waals surface area contributed by atoms with Gasteiger partial charge in [-0.05, 0) is 19.5 Å². The maximum Gasteiger partial charge on any atom is 0.269 e. The number of aromatic nitrogens is 2. The highest BCUT2D eigenvalue weighted by Gasteiger charge is 2.16. The number of likely N-dealkylation sites (N-methyl/N-ethyl adjacent to an activating group) is 1. The van der Waals surface area contributed by atoms with Crippen LogP contribution in [0.1, 0.15) is 23.1 Å². The first kappa shape index (κ1) is 15.0. The Labute approximate surface area is 120 Å². The minimum Gasteiger partial charge on any atom is -0.349 e. The van der Waals surface area contributed by atoms with Gasteiger partial charge in [0.05, 0.1) is 5.69 Å². The van der Waals surface area contributed by atoms with Crippen molar-refractivity contribution in [2.45, 2.75) is 13.8 Å². The molecule has 1 aliphatic rings. The fourth-order valence-corrected chi connectivity index (χ4v) is 2.57. The first-order valence-electron chi connectivity index (χ1n) is 7.33. The van der Waals surface area contributed by atoms with E-state index in [1.54, 1.807) is 11.7 Å². The Kier molecular flexibility index (Phi) is 5.14. The van der Waals surface area contributed by atoms with Gasteiger partial charge in [-0.15, -0.1) is 0 Å². The van der Waals surface area contributed by atoms with Crippen molar-refractivity contribution in [2.24, 2.45) is 7.05 Å². The molecule has 1 aliphatic heterocycles. The summed E-state index contributed by atoms with van der Waals surface area (Å²) in [5, 5.41) is 7.16. The summed E-state index contributed by atoms with van der Waals surface area (Å²) >= 11 is 0. The quantitative estimate of drug-likeness (QED) is 0.830. The monoisotopic (exact) mass is 279 g/mol. The van der Waals surface area contributed by atoms with Crippen LogP contribution in [0.2, 0.25) is 0 Å². The van der Waals surface area contributed by atoms with Gasteiger partial charge in [-0.3, -0.25) is 14.4 Å². The van der Waals surface area contributed by atoms with E-state index in [9.17, 15) is 4.79 Å². The summed E-state index contributed by atoms with van der Waals surface area (Å²) in [7, 11) is 1.80. The fourth-order valence-electron chi connectivity index (χ4n) is 2.57. The molecule has 0 bridgehead atoms. The van der Waals surface area contributed by atoms with E-state index >= 15 is 0 Å². The molecule has 1 aromatic heterocycles. The van der Waals surface area contributed by atoms with Crippen molar-refractivity contribution < 1.29 is 4.79 Å². The van der Waals surface area contributed by atoms with E-state index in [1.165, 1.54) is 0 Å². The zero-order valence-corrected chi connectivity index (χ0v) is 12.7. The molecule has 20 heavy (non-hydrogen) atoms. The van der Waals surface area contributed by atoms with Crippen molar-refractivity contribution in [3.05, 3.63) is 17.5 Å². The third-order valence-corrected chi connectivity index (χ3v) is 3.86. The minimum absolute atomic E-state index is 0.0414. The van der Waals surface area contributed by atoms with Gasteiger partial charge in [0.15, 0.2) is 0 Å². The largest absolute Gasteiger partial charge is 0.349 e. The third kappa shape index (κ3) is 3.80. The average molecular weight is 279 g/mol. The van der Waals surface area contributed by atoms with E-state index in [2.05, 4.69) is 27.1 Å². The second kappa shape index (κ2) is 6.85. The summed E-state index contributed by atoms with van der Waals surface area (Å²) in [5.74, 6) is -0.0414. The van der Waals surface area contributed by atoms with Crippen LogP contribution in [0, 0.1) is 6.92 Å². The van der Waals surface area contributed by atoms with E-state index in [1.807, 2.05) is 13.0 Å². The van der Waals surface area contributed by atoms with E-state index in [0.717, 1.165) is 45.0 Å². The molecule has 1 saturated heterocycles. The highest BCUT2D eigenvalue weighted by atomic mass is 16.2. The Hall–Kier alpha value is -1.40. The van der Waals surface area contributed by atoms with Gasteiger partial charge in [-0.2, -0.15) is 5.10 Å². The molecule has 1 N–H and O–H groups in total. The van der Waals surface area contributed by atoms with Gasteiger partial charge in [-0.25, -0.2) is 0 Å². The first-order chi connectivity index (χ1) is 9.60. The number of carbonyl (C=O) groups excluding carboxylic acids is 1. The van der Waals surface area contributed by atoms with Crippen LogP contribution < -0.4 is 5.32 Å². The summed E-state index contributed by atoms with van der Waals surface area (Å²) in [6, 6.07) is 1.81. The van der Waals surface area contributed by atoms with Gasteiger partial charge in [0.1, 0.15) is 5.69 Å². The van der Waals surface area contributed by atoms with Crippen LogP contribution in [-0.2, 0) is 7.05 Å². The molecule has 0 saturated carbocycles. The lowest BCUT2D eigenvalue weighted by Crippen LogP contribution is -2.48. The van der Waals surface area contributed by atoms with Gasteiger partial charge in [0.2, 0.25) is 0 Å². The fraction of sp³-hybridized carbons (Fsp3) is 0.714. The molecule has 1 fully saturated rings. The number of piperazine rings is 1. The van der Waals surface area contributed by atoms with Crippen molar-refractivity contribution in [3.8, 4) is 0 Å². The number of aryl methyl sites for hydroxylation is 2. The number of rotatable bonds is 5. The summed E-state index contributed by atoms with van der Waals surface area (Å²) < 4.78 is 1.63. The molecule has 2 heterocycles. The van der Waals surface area contributed by atoms with Crippen molar-refractivity contribution in [3.63, 3.8) is 0 Å². The second-order valence-electron chi connectivity index (χ2n) is 5.33. The van der Waals surface area contributed by atoms with Gasteiger partial charge < -0.3 is 10.2 Å². The van der Waals surface area contributed by atoms with Crippen molar-refractivity contribution in [2.75, 3.05) is 45.8 Å². The molecule has 2 rings (SSSR count). The average Bonchev–Trinajstić information content (AvgIpc) is 2.78. The first-order valence-corrected chi connectivity index (χ1v) is 7.33. The van der Waals surface area contributed by atoms with E-state index < -0.39 is 0 Å². The van der Waals surface area contributed by atoms with E-state index in [4.69, 9.17) is 0 Å². The smallest absolute Gasteiger partial charge is 0.269 e. The molecule has 0 spiro atoms. The predicted molar refractivity (Wildman–Crippen MR) is 78.8 cm³/mol. The summed E-state index contributed by atoms with van der Waals surface area (Å²) in [6.07, 6.45) is 0. The predicted octanol–water partition coefficient (Wildman–Crippen LogP) is 0.0958. The molecule has 0 radical (unpaired) electrons. The van der Waals surface area contributed by atoms with Crippen LogP contribution in [0.15, 0.2) is 6.07 Å². The van der Waals surface area contributed by atoms with Gasteiger partial charge in [0, 0.05) is 46.3 Å². The Balaban J connectivity index is 1.71. The molecule has 6 heteroatoms. The Bertz CT molecular complexity index is 448. The van der Waals surface area contributed by atoms with Gasteiger partial charge in [0.25, 0.3) is 5.91 Å². The molecule has 0 atom stereocenters. The Morgan fingerprint density at radius 2 is 1.95 bits per heavy atom. The molecule has 6 nitrogen and oxygen atoms in total. The molecule has 0 unspecified atom stereocenters. The number of carbonyl (C=O) groups is 1. The van der Waals surface area contributed by atoms with Crippen LogP contribution in [0.3, 0.4) is 0 Å². The Morgan fingerprint density at radius 3 is 2.50 bits per heavy atom. The third-order valence-electron chi connectivity index (χ3n) is 3.86. The molecule has 0 aromatic carbocycles.